The van der Waals surface area contributed by atoms with Gasteiger partial charge in [-0.15, -0.1) is 0 Å². The maximum atomic E-state index is 12.0. The number of hydrogen-bond donors (Lipinski definition) is 1. The van der Waals surface area contributed by atoms with Crippen molar-refractivity contribution in [1.82, 2.24) is 19.4 Å². The molecule has 148 valence electrons. The summed E-state index contributed by atoms with van der Waals surface area (Å²) >= 11 is 0. The summed E-state index contributed by atoms with van der Waals surface area (Å²) in [6.45, 7) is 4.42. The highest BCUT2D eigenvalue weighted by molar-refractivity contribution is 7.89. The van der Waals surface area contributed by atoms with Crippen LogP contribution in [0.1, 0.15) is 37.8 Å². The van der Waals surface area contributed by atoms with Gasteiger partial charge in [0.15, 0.2) is 5.76 Å². The molecule has 3 aliphatic rings. The Morgan fingerprint density at radius 3 is 2.93 bits per heavy atom. The highest BCUT2D eigenvalue weighted by Gasteiger charge is 2.42. The molecule has 1 N–H and O–H groups in total. The Kier molecular flexibility index (Phi) is 5.13. The summed E-state index contributed by atoms with van der Waals surface area (Å²) in [5.41, 5.74) is 2.11. The minimum absolute atomic E-state index is 0.205. The molecule has 27 heavy (non-hydrogen) atoms. The Bertz CT molecular complexity index is 875. The Morgan fingerprint density at radius 2 is 2.26 bits per heavy atom. The van der Waals surface area contributed by atoms with E-state index in [9.17, 15) is 8.42 Å². The molecule has 3 fully saturated rings. The van der Waals surface area contributed by atoms with E-state index < -0.39 is 10.0 Å². The number of nitrogens with zero attached hydrogens (tertiary/aromatic N) is 3. The number of rotatable bonds is 7. The van der Waals surface area contributed by atoms with Crippen molar-refractivity contribution in [3.05, 3.63) is 30.2 Å². The van der Waals surface area contributed by atoms with Crippen molar-refractivity contribution in [1.29, 1.82) is 0 Å². The number of fused-ring (bicyclic) bond motifs is 3. The molecular weight excluding hydrogens is 364 g/mol. The summed E-state index contributed by atoms with van der Waals surface area (Å²) in [5, 5.41) is 4.63. The highest BCUT2D eigenvalue weighted by Crippen LogP contribution is 2.42. The van der Waals surface area contributed by atoms with Crippen molar-refractivity contribution in [2.24, 2.45) is 13.0 Å². The van der Waals surface area contributed by atoms with Gasteiger partial charge in [0, 0.05) is 37.8 Å². The first-order chi connectivity index (χ1) is 13.0. The third-order valence-electron chi connectivity index (χ3n) is 5.96. The van der Waals surface area contributed by atoms with Crippen LogP contribution in [0.5, 0.6) is 0 Å². The number of aryl methyl sites for hydroxylation is 1. The SMILES string of the molecule is CCCS(=O)(=O)NCC1CC2CCN1CC2c1cc(-c2ccco2)nn1C. The van der Waals surface area contributed by atoms with Crippen LogP contribution in [-0.4, -0.2) is 54.5 Å². The zero-order chi connectivity index (χ0) is 19.0. The van der Waals surface area contributed by atoms with E-state index in [0.717, 1.165) is 37.4 Å². The lowest BCUT2D eigenvalue weighted by Crippen LogP contribution is -2.56. The molecule has 0 amide bonds. The summed E-state index contributed by atoms with van der Waals surface area (Å²) in [6, 6.07) is 6.25. The van der Waals surface area contributed by atoms with Crippen LogP contribution in [0.3, 0.4) is 0 Å². The monoisotopic (exact) mass is 392 g/mol. The maximum Gasteiger partial charge on any atom is 0.211 e. The number of piperidine rings is 3. The average molecular weight is 393 g/mol. The largest absolute Gasteiger partial charge is 0.463 e. The molecule has 2 aromatic heterocycles. The minimum atomic E-state index is -3.14. The van der Waals surface area contributed by atoms with Crippen molar-refractivity contribution in [2.45, 2.75) is 38.1 Å². The van der Waals surface area contributed by atoms with Gasteiger partial charge in [-0.25, -0.2) is 13.1 Å². The minimum Gasteiger partial charge on any atom is -0.463 e. The van der Waals surface area contributed by atoms with E-state index in [1.54, 1.807) is 6.26 Å². The fraction of sp³-hybridized carbons (Fsp3) is 0.632. The topological polar surface area (TPSA) is 80.4 Å². The molecule has 2 bridgehead atoms. The molecule has 0 aliphatic carbocycles. The van der Waals surface area contributed by atoms with Crippen LogP contribution in [0.2, 0.25) is 0 Å². The number of sulfonamides is 1. The van der Waals surface area contributed by atoms with Gasteiger partial charge in [0.1, 0.15) is 5.69 Å². The van der Waals surface area contributed by atoms with Crippen LogP contribution in [0.4, 0.5) is 0 Å². The van der Waals surface area contributed by atoms with Crippen LogP contribution >= 0.6 is 0 Å². The molecule has 0 aromatic carbocycles. The van der Waals surface area contributed by atoms with Crippen molar-refractivity contribution in [3.8, 4) is 11.5 Å². The molecule has 7 nitrogen and oxygen atoms in total. The van der Waals surface area contributed by atoms with Crippen LogP contribution < -0.4 is 4.72 Å². The van der Waals surface area contributed by atoms with Crippen molar-refractivity contribution in [2.75, 3.05) is 25.4 Å². The van der Waals surface area contributed by atoms with E-state index in [4.69, 9.17) is 4.42 Å². The molecule has 2 aromatic rings. The second kappa shape index (κ2) is 7.41. The van der Waals surface area contributed by atoms with E-state index in [2.05, 4.69) is 20.8 Å². The number of aromatic nitrogens is 2. The number of nitrogens with one attached hydrogen (secondary N) is 1. The number of furan rings is 1. The Morgan fingerprint density at radius 1 is 1.41 bits per heavy atom. The van der Waals surface area contributed by atoms with Crippen molar-refractivity contribution >= 4 is 10.0 Å². The fourth-order valence-corrected chi connectivity index (χ4v) is 5.75. The molecule has 4 atom stereocenters. The van der Waals surface area contributed by atoms with Crippen molar-refractivity contribution in [3.63, 3.8) is 0 Å². The Labute approximate surface area is 160 Å². The normalized spacial score (nSPS) is 27.9. The van der Waals surface area contributed by atoms with Gasteiger partial charge in [-0.1, -0.05) is 6.92 Å². The maximum absolute atomic E-state index is 12.0. The molecule has 5 heterocycles. The van der Waals surface area contributed by atoms with Gasteiger partial charge in [-0.2, -0.15) is 5.10 Å². The molecular formula is C19H28N4O3S. The zero-order valence-electron chi connectivity index (χ0n) is 16.0. The van der Waals surface area contributed by atoms with Gasteiger partial charge < -0.3 is 4.42 Å². The van der Waals surface area contributed by atoms with Gasteiger partial charge in [0.2, 0.25) is 10.0 Å². The van der Waals surface area contributed by atoms with E-state index in [0.29, 0.717) is 30.8 Å². The predicted molar refractivity (Wildman–Crippen MR) is 104 cm³/mol. The molecule has 0 radical (unpaired) electrons. The van der Waals surface area contributed by atoms with E-state index in [-0.39, 0.29) is 5.75 Å². The first kappa shape index (κ1) is 18.7. The average Bonchev–Trinajstić information content (AvgIpc) is 3.30. The fourth-order valence-electron chi connectivity index (χ4n) is 4.62. The second-order valence-corrected chi connectivity index (χ2v) is 9.69. The zero-order valence-corrected chi connectivity index (χ0v) is 16.8. The predicted octanol–water partition coefficient (Wildman–Crippen LogP) is 2.19. The standard InChI is InChI=1S/C19H28N4O3S/c1-3-9-27(24,25)20-12-15-10-14-6-7-23(15)13-16(14)18-11-17(21-22(18)2)19-5-4-8-26-19/h4-5,8,11,14-16,20H,3,6-7,9-10,12-13H2,1-2H3. The van der Waals surface area contributed by atoms with E-state index in [1.165, 1.54) is 5.69 Å². The highest BCUT2D eigenvalue weighted by atomic mass is 32.2. The van der Waals surface area contributed by atoms with Gasteiger partial charge in [0.25, 0.3) is 0 Å². The quantitative estimate of drug-likeness (QED) is 0.781. The summed E-state index contributed by atoms with van der Waals surface area (Å²) in [7, 11) is -1.15. The lowest BCUT2D eigenvalue weighted by molar-refractivity contribution is 0.0306. The Balaban J connectivity index is 1.45. The van der Waals surface area contributed by atoms with Crippen LogP contribution in [0, 0.1) is 5.92 Å². The molecule has 0 spiro atoms. The lowest BCUT2D eigenvalue weighted by atomic mass is 9.74. The van der Waals surface area contributed by atoms with Crippen LogP contribution in [0.15, 0.2) is 28.9 Å². The third-order valence-corrected chi connectivity index (χ3v) is 7.51. The van der Waals surface area contributed by atoms with Crippen LogP contribution in [-0.2, 0) is 17.1 Å². The summed E-state index contributed by atoms with van der Waals surface area (Å²) < 4.78 is 34.2. The third kappa shape index (κ3) is 3.83. The molecule has 8 heteroatoms. The summed E-state index contributed by atoms with van der Waals surface area (Å²) in [6.07, 6.45) is 4.50. The summed E-state index contributed by atoms with van der Waals surface area (Å²) in [4.78, 5) is 2.44. The van der Waals surface area contributed by atoms with Gasteiger partial charge in [-0.05, 0) is 49.9 Å². The second-order valence-electron chi connectivity index (χ2n) is 7.76. The first-order valence-electron chi connectivity index (χ1n) is 9.76. The smallest absolute Gasteiger partial charge is 0.211 e. The van der Waals surface area contributed by atoms with Crippen LogP contribution in [0.25, 0.3) is 11.5 Å². The molecule has 3 aliphatic heterocycles. The number of hydrogen-bond acceptors (Lipinski definition) is 5. The molecule has 0 saturated carbocycles. The van der Waals surface area contributed by atoms with Gasteiger partial charge in [-0.3, -0.25) is 9.58 Å². The lowest BCUT2D eigenvalue weighted by Gasteiger charge is -2.49. The Hall–Kier alpha value is -1.64. The summed E-state index contributed by atoms with van der Waals surface area (Å²) in [5.74, 6) is 2.00. The molecule has 5 rings (SSSR count). The van der Waals surface area contributed by atoms with E-state index in [1.807, 2.05) is 30.8 Å². The van der Waals surface area contributed by atoms with E-state index >= 15 is 0 Å². The van der Waals surface area contributed by atoms with Crippen molar-refractivity contribution < 1.29 is 12.8 Å². The molecule has 4 unspecified atom stereocenters. The van der Waals surface area contributed by atoms with Gasteiger partial charge in [0.05, 0.1) is 12.0 Å². The van der Waals surface area contributed by atoms with Gasteiger partial charge >= 0.3 is 0 Å². The molecule has 3 saturated heterocycles. The first-order valence-corrected chi connectivity index (χ1v) is 11.4.